The van der Waals surface area contributed by atoms with Gasteiger partial charge in [-0.15, -0.1) is 11.8 Å². The smallest absolute Gasteiger partial charge is 0.250 e. The van der Waals surface area contributed by atoms with Crippen LogP contribution in [0.25, 0.3) is 6.08 Å². The van der Waals surface area contributed by atoms with Gasteiger partial charge < -0.3 is 5.32 Å². The fraction of sp³-hybridized carbons (Fsp3) is 0.214. The Hall–Kier alpha value is -2.57. The van der Waals surface area contributed by atoms with Crippen molar-refractivity contribution in [2.75, 3.05) is 16.9 Å². The van der Waals surface area contributed by atoms with Crippen LogP contribution in [0.1, 0.15) is 22.6 Å². The number of halogens is 2. The van der Waals surface area contributed by atoms with Crippen molar-refractivity contribution < 1.29 is 9.59 Å². The first-order chi connectivity index (χ1) is 17.0. The van der Waals surface area contributed by atoms with Gasteiger partial charge in [-0.1, -0.05) is 71.7 Å². The minimum Gasteiger partial charge on any atom is -0.324 e. The summed E-state index contributed by atoms with van der Waals surface area (Å²) in [6.07, 6.45) is 3.43. The number of nitrogens with one attached hydrogen (secondary N) is 1. The van der Waals surface area contributed by atoms with Gasteiger partial charge in [0.15, 0.2) is 5.78 Å². The molecular weight excluding hydrogens is 499 g/mol. The van der Waals surface area contributed by atoms with E-state index in [4.69, 9.17) is 23.2 Å². The molecule has 4 atom stereocenters. The van der Waals surface area contributed by atoms with Crippen LogP contribution in [0.15, 0.2) is 78.9 Å². The first-order valence-electron chi connectivity index (χ1n) is 11.5. The van der Waals surface area contributed by atoms with E-state index >= 15 is 0 Å². The van der Waals surface area contributed by atoms with E-state index in [0.717, 1.165) is 28.1 Å². The number of carbonyl (C=O) groups is 2. The monoisotopic (exact) mass is 520 g/mol. The molecule has 3 heterocycles. The van der Waals surface area contributed by atoms with E-state index in [9.17, 15) is 9.59 Å². The Morgan fingerprint density at radius 3 is 2.43 bits per heavy atom. The number of anilines is 1. The fourth-order valence-corrected chi connectivity index (χ4v) is 7.55. The lowest BCUT2D eigenvalue weighted by molar-refractivity contribution is -0.134. The van der Waals surface area contributed by atoms with E-state index in [1.54, 1.807) is 18.2 Å². The number of hydrogen-bond acceptors (Lipinski definition) is 4. The summed E-state index contributed by atoms with van der Waals surface area (Å²) in [5, 5.41) is 4.38. The largest absolute Gasteiger partial charge is 0.324 e. The molecule has 35 heavy (non-hydrogen) atoms. The molecule has 0 radical (unpaired) electrons. The van der Waals surface area contributed by atoms with Gasteiger partial charge in [0, 0.05) is 44.9 Å². The van der Waals surface area contributed by atoms with Gasteiger partial charge in [0.1, 0.15) is 5.54 Å². The number of carbonyl (C=O) groups excluding carboxylic acids is 2. The van der Waals surface area contributed by atoms with Crippen LogP contribution in [-0.2, 0) is 15.1 Å². The Morgan fingerprint density at radius 2 is 1.69 bits per heavy atom. The van der Waals surface area contributed by atoms with Crippen LogP contribution in [0, 0.1) is 5.92 Å². The Balaban J connectivity index is 1.52. The minimum atomic E-state index is -1.06. The summed E-state index contributed by atoms with van der Waals surface area (Å²) in [5.74, 6) is 0.631. The maximum atomic E-state index is 14.1. The zero-order valence-corrected chi connectivity index (χ0v) is 21.0. The average molecular weight is 521 g/mol. The number of allylic oxidation sites excluding steroid dienone is 1. The Kier molecular flexibility index (Phi) is 5.76. The molecule has 1 spiro atoms. The molecule has 0 aromatic heterocycles. The summed E-state index contributed by atoms with van der Waals surface area (Å²) in [6, 6.07) is 22.9. The number of ketones is 1. The molecule has 2 fully saturated rings. The van der Waals surface area contributed by atoms with Crippen LogP contribution < -0.4 is 5.32 Å². The second kappa shape index (κ2) is 8.82. The van der Waals surface area contributed by atoms with Gasteiger partial charge in [0.2, 0.25) is 5.91 Å². The summed E-state index contributed by atoms with van der Waals surface area (Å²) in [6.45, 7) is 0. The molecule has 1 amide bonds. The van der Waals surface area contributed by atoms with Crippen molar-refractivity contribution in [3.63, 3.8) is 0 Å². The molecule has 7 heteroatoms. The highest BCUT2D eigenvalue weighted by Crippen LogP contribution is 2.60. The fourth-order valence-electron chi connectivity index (χ4n) is 5.98. The zero-order chi connectivity index (χ0) is 24.2. The topological polar surface area (TPSA) is 49.4 Å². The Labute approximate surface area is 218 Å². The molecule has 0 aliphatic carbocycles. The summed E-state index contributed by atoms with van der Waals surface area (Å²) >= 11 is 14.0. The predicted molar refractivity (Wildman–Crippen MR) is 143 cm³/mol. The lowest BCUT2D eigenvalue weighted by Gasteiger charge is -2.36. The molecule has 3 aromatic rings. The second-order valence-corrected chi connectivity index (χ2v) is 11.0. The average Bonchev–Trinajstić information content (AvgIpc) is 3.52. The zero-order valence-electron chi connectivity index (χ0n) is 18.7. The van der Waals surface area contributed by atoms with Gasteiger partial charge in [-0.25, -0.2) is 0 Å². The molecule has 4 nitrogen and oxygen atoms in total. The molecule has 6 rings (SSSR count). The van der Waals surface area contributed by atoms with Crippen molar-refractivity contribution in [3.05, 3.63) is 106 Å². The Morgan fingerprint density at radius 1 is 1.00 bits per heavy atom. The standard InChI is InChI=1S/C28H22Cl2N2O2S/c29-19-10-5-17(6-11-19)7-14-24(33)26-25(18-8-12-20(30)13-9-18)23-15-35-16-32(23)28(26)21-3-1-2-4-22(21)31-27(28)34/h1-14,23,25-26H,15-16H2,(H,31,34)/b14-7+/t23-,25-,26+,28?/m0/s1. The van der Waals surface area contributed by atoms with E-state index < -0.39 is 11.5 Å². The van der Waals surface area contributed by atoms with Crippen molar-refractivity contribution in [2.45, 2.75) is 17.5 Å². The van der Waals surface area contributed by atoms with Gasteiger partial charge in [-0.2, -0.15) is 0 Å². The highest BCUT2D eigenvalue weighted by molar-refractivity contribution is 7.99. The molecule has 3 aromatic carbocycles. The SMILES string of the molecule is O=C(/C=C/c1ccc(Cl)cc1)[C@@H]1[C@@H](c2ccc(Cl)cc2)[C@@H]2CSCN2C12C(=O)Nc1ccccc12. The normalized spacial score (nSPS) is 27.4. The second-order valence-electron chi connectivity index (χ2n) is 9.15. The van der Waals surface area contributed by atoms with Gasteiger partial charge in [0.05, 0.1) is 5.92 Å². The molecule has 3 aliphatic heterocycles. The van der Waals surface area contributed by atoms with Crippen molar-refractivity contribution in [3.8, 4) is 0 Å². The number of para-hydroxylation sites is 1. The first-order valence-corrected chi connectivity index (χ1v) is 13.4. The summed E-state index contributed by atoms with van der Waals surface area (Å²) in [7, 11) is 0. The maximum Gasteiger partial charge on any atom is 0.250 e. The molecule has 2 saturated heterocycles. The highest BCUT2D eigenvalue weighted by Gasteiger charge is 2.69. The van der Waals surface area contributed by atoms with Gasteiger partial charge in [0.25, 0.3) is 0 Å². The third kappa shape index (κ3) is 3.56. The van der Waals surface area contributed by atoms with E-state index in [1.807, 2.05) is 78.5 Å². The number of nitrogens with zero attached hydrogens (tertiary/aromatic N) is 1. The molecule has 1 N–H and O–H groups in total. The van der Waals surface area contributed by atoms with Crippen molar-refractivity contribution in [1.29, 1.82) is 0 Å². The van der Waals surface area contributed by atoms with Crippen molar-refractivity contribution in [1.82, 2.24) is 4.90 Å². The van der Waals surface area contributed by atoms with Crippen molar-refractivity contribution in [2.24, 2.45) is 5.92 Å². The molecule has 176 valence electrons. The third-order valence-electron chi connectivity index (χ3n) is 7.40. The molecule has 0 bridgehead atoms. The van der Waals surface area contributed by atoms with Crippen LogP contribution in [0.4, 0.5) is 5.69 Å². The van der Waals surface area contributed by atoms with Crippen LogP contribution >= 0.6 is 35.0 Å². The number of thioether (sulfide) groups is 1. The number of benzene rings is 3. The maximum absolute atomic E-state index is 14.1. The van der Waals surface area contributed by atoms with Gasteiger partial charge >= 0.3 is 0 Å². The molecule has 0 saturated carbocycles. The van der Waals surface area contributed by atoms with Gasteiger partial charge in [-0.05, 0) is 47.5 Å². The number of rotatable bonds is 4. The quantitative estimate of drug-likeness (QED) is 0.415. The Bertz CT molecular complexity index is 1340. The molecule has 3 aliphatic rings. The van der Waals surface area contributed by atoms with E-state index in [-0.39, 0.29) is 23.7 Å². The van der Waals surface area contributed by atoms with E-state index in [0.29, 0.717) is 15.9 Å². The minimum absolute atomic E-state index is 0.0518. The first kappa shape index (κ1) is 22.9. The lowest BCUT2D eigenvalue weighted by Crippen LogP contribution is -2.52. The molecule has 1 unspecified atom stereocenters. The summed E-state index contributed by atoms with van der Waals surface area (Å²) in [4.78, 5) is 30.3. The van der Waals surface area contributed by atoms with Crippen LogP contribution in [0.5, 0.6) is 0 Å². The van der Waals surface area contributed by atoms with E-state index in [2.05, 4.69) is 10.2 Å². The van der Waals surface area contributed by atoms with Crippen molar-refractivity contribution >= 4 is 58.4 Å². The van der Waals surface area contributed by atoms with Crippen LogP contribution in [0.3, 0.4) is 0 Å². The summed E-state index contributed by atoms with van der Waals surface area (Å²) in [5.41, 5.74) is 2.51. The van der Waals surface area contributed by atoms with Gasteiger partial charge in [-0.3, -0.25) is 14.5 Å². The van der Waals surface area contributed by atoms with E-state index in [1.165, 1.54) is 0 Å². The van der Waals surface area contributed by atoms with Crippen LogP contribution in [0.2, 0.25) is 10.0 Å². The highest BCUT2D eigenvalue weighted by atomic mass is 35.5. The predicted octanol–water partition coefficient (Wildman–Crippen LogP) is 6.21. The molecular formula is C28H22Cl2N2O2S. The number of fused-ring (bicyclic) bond motifs is 4. The van der Waals surface area contributed by atoms with Crippen LogP contribution in [-0.4, -0.2) is 34.3 Å². The lowest BCUT2D eigenvalue weighted by atomic mass is 9.70. The summed E-state index contributed by atoms with van der Waals surface area (Å²) < 4.78 is 0. The number of hydrogen-bond donors (Lipinski definition) is 1. The number of amides is 1. The third-order valence-corrected chi connectivity index (χ3v) is 8.94.